The maximum Gasteiger partial charge on any atom is 0.272 e. The number of aliphatic hydroxyl groups excluding tert-OH is 1. The quantitative estimate of drug-likeness (QED) is 0.528. The molecule has 0 atom stereocenters. The number of hydrogen-bond acceptors (Lipinski definition) is 4. The monoisotopic (exact) mass is 393 g/mol. The molecule has 8 heteroatoms. The van der Waals surface area contributed by atoms with Gasteiger partial charge in [0.2, 0.25) is 0 Å². The summed E-state index contributed by atoms with van der Waals surface area (Å²) in [6.45, 7) is 2.29. The number of carbonyl (C=O) groups excluding carboxylic acids is 2. The molecule has 1 saturated carbocycles. The third-order valence-corrected chi connectivity index (χ3v) is 5.88. The number of aliphatic hydroxyl groups is 1. The van der Waals surface area contributed by atoms with E-state index >= 15 is 0 Å². The van der Waals surface area contributed by atoms with Gasteiger partial charge in [0.1, 0.15) is 11.4 Å². The van der Waals surface area contributed by atoms with Gasteiger partial charge in [0.25, 0.3) is 11.8 Å². The van der Waals surface area contributed by atoms with E-state index in [0.717, 1.165) is 34.9 Å². The molecule has 1 saturated heterocycles. The molecule has 150 valence electrons. The molecule has 8 nitrogen and oxygen atoms in total. The predicted molar refractivity (Wildman–Crippen MR) is 107 cm³/mol. The summed E-state index contributed by atoms with van der Waals surface area (Å²) >= 11 is 0. The van der Waals surface area contributed by atoms with Gasteiger partial charge in [-0.1, -0.05) is 11.6 Å². The van der Waals surface area contributed by atoms with Crippen LogP contribution in [0.25, 0.3) is 10.9 Å². The largest absolute Gasteiger partial charge is 0.394 e. The second-order valence-corrected chi connectivity index (χ2v) is 8.30. The molecule has 0 bridgehead atoms. The maximum absolute atomic E-state index is 12.8. The number of carbonyl (C=O) groups is 2. The zero-order chi connectivity index (χ0) is 20.2. The van der Waals surface area contributed by atoms with Gasteiger partial charge >= 0.3 is 0 Å². The molecular weight excluding hydrogens is 370 g/mol. The Morgan fingerprint density at radius 2 is 2.10 bits per heavy atom. The second kappa shape index (κ2) is 6.45. The zero-order valence-corrected chi connectivity index (χ0v) is 16.2. The molecule has 1 aromatic carbocycles. The van der Waals surface area contributed by atoms with Crippen LogP contribution in [0.2, 0.25) is 0 Å². The lowest BCUT2D eigenvalue weighted by Crippen LogP contribution is -2.73. The molecule has 5 rings (SSSR count). The van der Waals surface area contributed by atoms with E-state index in [-0.39, 0.29) is 31.5 Å². The lowest BCUT2D eigenvalue weighted by molar-refractivity contribution is 0.00464. The van der Waals surface area contributed by atoms with Gasteiger partial charge in [0, 0.05) is 29.6 Å². The van der Waals surface area contributed by atoms with Crippen molar-refractivity contribution < 1.29 is 14.7 Å². The first kappa shape index (κ1) is 17.9. The molecule has 2 fully saturated rings. The summed E-state index contributed by atoms with van der Waals surface area (Å²) in [6.07, 6.45) is 3.89. The van der Waals surface area contributed by atoms with E-state index in [1.807, 2.05) is 25.1 Å². The first-order valence-corrected chi connectivity index (χ1v) is 9.83. The summed E-state index contributed by atoms with van der Waals surface area (Å²) < 4.78 is 0. The fraction of sp³-hybridized carbons (Fsp3) is 0.381. The minimum absolute atomic E-state index is 0.135. The number of rotatable bonds is 5. The number of fused-ring (bicyclic) bond motifs is 1. The van der Waals surface area contributed by atoms with E-state index in [2.05, 4.69) is 20.5 Å². The predicted octanol–water partition coefficient (Wildman–Crippen LogP) is 1.69. The molecule has 4 N–H and O–H groups in total. The first-order chi connectivity index (χ1) is 14.0. The Labute approximate surface area is 167 Å². The number of nitrogens with zero attached hydrogens (tertiary/aromatic N) is 2. The van der Waals surface area contributed by atoms with Crippen molar-refractivity contribution in [3.63, 3.8) is 0 Å². The van der Waals surface area contributed by atoms with Crippen molar-refractivity contribution >= 4 is 22.7 Å². The van der Waals surface area contributed by atoms with E-state index in [4.69, 9.17) is 0 Å². The number of amides is 2. The van der Waals surface area contributed by atoms with Gasteiger partial charge < -0.3 is 20.3 Å². The molecule has 29 heavy (non-hydrogen) atoms. The number of nitrogens with one attached hydrogen (secondary N) is 3. The van der Waals surface area contributed by atoms with E-state index in [9.17, 15) is 14.7 Å². The molecule has 1 aliphatic carbocycles. The fourth-order valence-corrected chi connectivity index (χ4v) is 4.06. The van der Waals surface area contributed by atoms with Crippen LogP contribution in [0.4, 0.5) is 0 Å². The topological polar surface area (TPSA) is 114 Å². The third kappa shape index (κ3) is 3.09. The minimum atomic E-state index is -0.834. The van der Waals surface area contributed by atoms with E-state index in [1.165, 1.54) is 0 Å². The average Bonchev–Trinajstić information content (AvgIpc) is 3.25. The Kier molecular flexibility index (Phi) is 3.99. The van der Waals surface area contributed by atoms with Crippen molar-refractivity contribution in [3.8, 4) is 0 Å². The van der Waals surface area contributed by atoms with Crippen LogP contribution >= 0.6 is 0 Å². The fourth-order valence-electron chi connectivity index (χ4n) is 4.06. The highest BCUT2D eigenvalue weighted by atomic mass is 16.3. The molecule has 3 heterocycles. The first-order valence-electron chi connectivity index (χ1n) is 9.83. The summed E-state index contributed by atoms with van der Waals surface area (Å²) in [7, 11) is 0. The van der Waals surface area contributed by atoms with Gasteiger partial charge in [-0.3, -0.25) is 14.7 Å². The lowest BCUT2D eigenvalue weighted by atomic mass is 9.89. The second-order valence-electron chi connectivity index (χ2n) is 8.30. The summed E-state index contributed by atoms with van der Waals surface area (Å²) in [4.78, 5) is 30.3. The standard InChI is InChI=1S/C21H23N5O3/c1-12-2-5-16-14(6-12)7-17(23-16)19(28)24-21(11-27)9-26(10-21)20(29)18-15(8-22-25-18)13-3-4-13/h2,5-8,13,23,27H,3-4,9-11H2,1H3,(H,22,25)(H,24,28). The van der Waals surface area contributed by atoms with Crippen molar-refractivity contribution in [3.05, 3.63) is 53.0 Å². The van der Waals surface area contributed by atoms with Gasteiger partial charge in [-0.25, -0.2) is 0 Å². The number of aryl methyl sites for hydroxylation is 1. The van der Waals surface area contributed by atoms with Crippen LogP contribution in [-0.4, -0.2) is 62.2 Å². The van der Waals surface area contributed by atoms with E-state index < -0.39 is 5.54 Å². The number of benzene rings is 1. The molecular formula is C21H23N5O3. The average molecular weight is 393 g/mol. The van der Waals surface area contributed by atoms with Crippen LogP contribution in [-0.2, 0) is 0 Å². The molecule has 0 spiro atoms. The van der Waals surface area contributed by atoms with Gasteiger partial charge in [0.05, 0.1) is 18.3 Å². The Bertz CT molecular complexity index is 1100. The number of likely N-dealkylation sites (tertiary alicyclic amines) is 1. The molecule has 3 aromatic rings. The number of hydrogen-bond donors (Lipinski definition) is 4. The van der Waals surface area contributed by atoms with Gasteiger partial charge in [-0.05, 0) is 43.9 Å². The maximum atomic E-state index is 12.8. The summed E-state index contributed by atoms with van der Waals surface area (Å²) in [5.41, 5.74) is 3.10. The highest BCUT2D eigenvalue weighted by Crippen LogP contribution is 2.41. The molecule has 1 aliphatic heterocycles. The van der Waals surface area contributed by atoms with Crippen LogP contribution in [0.15, 0.2) is 30.5 Å². The van der Waals surface area contributed by atoms with Crippen molar-refractivity contribution in [2.24, 2.45) is 0 Å². The van der Waals surface area contributed by atoms with Crippen LogP contribution in [0.1, 0.15) is 50.9 Å². The summed E-state index contributed by atoms with van der Waals surface area (Å²) in [5.74, 6) is -0.00838. The van der Waals surface area contributed by atoms with Crippen molar-refractivity contribution in [1.29, 1.82) is 0 Å². The summed E-state index contributed by atoms with van der Waals surface area (Å²) in [6, 6.07) is 7.73. The summed E-state index contributed by atoms with van der Waals surface area (Å²) in [5, 5.41) is 20.6. The Hall–Kier alpha value is -3.13. The van der Waals surface area contributed by atoms with Crippen LogP contribution < -0.4 is 5.32 Å². The van der Waals surface area contributed by atoms with Crippen molar-refractivity contribution in [2.75, 3.05) is 19.7 Å². The Morgan fingerprint density at radius 1 is 1.31 bits per heavy atom. The van der Waals surface area contributed by atoms with Crippen LogP contribution in [0.3, 0.4) is 0 Å². The molecule has 2 amide bonds. The molecule has 0 unspecified atom stereocenters. The third-order valence-electron chi connectivity index (χ3n) is 5.88. The van der Waals surface area contributed by atoms with E-state index in [1.54, 1.807) is 17.2 Å². The highest BCUT2D eigenvalue weighted by molar-refractivity contribution is 5.99. The molecule has 0 radical (unpaired) electrons. The smallest absolute Gasteiger partial charge is 0.272 e. The minimum Gasteiger partial charge on any atom is -0.394 e. The van der Waals surface area contributed by atoms with Crippen molar-refractivity contribution in [2.45, 2.75) is 31.2 Å². The SMILES string of the molecule is Cc1ccc2[nH]c(C(=O)NC3(CO)CN(C(=O)c4[nH]ncc4C4CC4)C3)cc2c1. The highest BCUT2D eigenvalue weighted by Gasteiger charge is 2.47. The number of aromatic amines is 2. The normalized spacial score (nSPS) is 17.9. The van der Waals surface area contributed by atoms with Crippen LogP contribution in [0, 0.1) is 6.92 Å². The van der Waals surface area contributed by atoms with Crippen molar-refractivity contribution in [1.82, 2.24) is 25.4 Å². The number of aromatic nitrogens is 3. The van der Waals surface area contributed by atoms with Gasteiger partial charge in [0.15, 0.2) is 0 Å². The Morgan fingerprint density at radius 3 is 2.83 bits per heavy atom. The zero-order valence-electron chi connectivity index (χ0n) is 16.2. The van der Waals surface area contributed by atoms with E-state index in [0.29, 0.717) is 17.3 Å². The van der Waals surface area contributed by atoms with Gasteiger partial charge in [-0.2, -0.15) is 5.10 Å². The van der Waals surface area contributed by atoms with Crippen LogP contribution in [0.5, 0.6) is 0 Å². The number of H-pyrrole nitrogens is 2. The lowest BCUT2D eigenvalue weighted by Gasteiger charge is -2.49. The molecule has 2 aliphatic rings. The molecule has 2 aromatic heterocycles. The Balaban J connectivity index is 1.28. The van der Waals surface area contributed by atoms with Gasteiger partial charge in [-0.15, -0.1) is 0 Å².